The lowest BCUT2D eigenvalue weighted by atomic mass is 9.82. The maximum atomic E-state index is 13.5. The molecule has 1 aliphatic rings. The molecule has 1 aliphatic carbocycles. The highest BCUT2D eigenvalue weighted by Crippen LogP contribution is 2.45. The summed E-state index contributed by atoms with van der Waals surface area (Å²) in [5.41, 5.74) is -0.139. The van der Waals surface area contributed by atoms with Crippen molar-refractivity contribution >= 4 is 0 Å². The van der Waals surface area contributed by atoms with Crippen molar-refractivity contribution in [1.82, 2.24) is 0 Å². The van der Waals surface area contributed by atoms with Crippen molar-refractivity contribution in [2.45, 2.75) is 51.6 Å². The number of hydrogen-bond acceptors (Lipinski definition) is 2. The zero-order valence-corrected chi connectivity index (χ0v) is 12.0. The Hall–Kier alpha value is -1.09. The summed E-state index contributed by atoms with van der Waals surface area (Å²) < 4.78 is 18.8. The van der Waals surface area contributed by atoms with Crippen LogP contribution in [-0.2, 0) is 5.60 Å². The van der Waals surface area contributed by atoms with Gasteiger partial charge in [0.15, 0.2) is 0 Å². The number of benzene rings is 1. The molecule has 1 atom stereocenters. The molecule has 0 aliphatic heterocycles. The fourth-order valence-electron chi connectivity index (χ4n) is 2.97. The molecule has 0 heterocycles. The molecular weight excluding hydrogens is 243 g/mol. The van der Waals surface area contributed by atoms with E-state index in [1.165, 1.54) is 12.1 Å². The molecule has 106 valence electrons. The average molecular weight is 266 g/mol. The molecule has 0 radical (unpaired) electrons. The summed E-state index contributed by atoms with van der Waals surface area (Å²) >= 11 is 0. The minimum atomic E-state index is -0.971. The minimum absolute atomic E-state index is 0.241. The number of halogens is 1. The summed E-state index contributed by atoms with van der Waals surface area (Å²) in [6, 6.07) is 4.38. The smallest absolute Gasteiger partial charge is 0.125 e. The van der Waals surface area contributed by atoms with Crippen molar-refractivity contribution in [1.29, 1.82) is 0 Å². The monoisotopic (exact) mass is 266 g/mol. The second-order valence-electron chi connectivity index (χ2n) is 6.39. The van der Waals surface area contributed by atoms with Crippen LogP contribution in [0.1, 0.15) is 51.5 Å². The first-order valence-corrected chi connectivity index (χ1v) is 6.93. The molecule has 19 heavy (non-hydrogen) atoms. The zero-order valence-electron chi connectivity index (χ0n) is 12.0. The van der Waals surface area contributed by atoms with Crippen molar-refractivity contribution < 1.29 is 14.2 Å². The largest absolute Gasteiger partial charge is 0.496 e. The molecule has 0 bridgehead atoms. The van der Waals surface area contributed by atoms with Crippen molar-refractivity contribution in [2.75, 3.05) is 7.11 Å². The van der Waals surface area contributed by atoms with E-state index in [1.54, 1.807) is 13.2 Å². The fourth-order valence-corrected chi connectivity index (χ4v) is 2.97. The molecule has 0 saturated heterocycles. The van der Waals surface area contributed by atoms with Crippen molar-refractivity contribution in [3.05, 3.63) is 29.6 Å². The van der Waals surface area contributed by atoms with E-state index in [0.717, 1.165) is 19.3 Å². The van der Waals surface area contributed by atoms with Crippen LogP contribution < -0.4 is 4.74 Å². The van der Waals surface area contributed by atoms with Crippen molar-refractivity contribution in [3.8, 4) is 5.75 Å². The predicted molar refractivity (Wildman–Crippen MR) is 73.7 cm³/mol. The standard InChI is InChI=1S/C16H23FO2/c1-15(2)7-4-8-16(18,10-9-15)13-11-12(17)5-6-14(13)19-3/h5-6,11,18H,4,7-10H2,1-3H3. The quantitative estimate of drug-likeness (QED) is 0.819. The topological polar surface area (TPSA) is 29.5 Å². The van der Waals surface area contributed by atoms with Gasteiger partial charge in [-0.2, -0.15) is 0 Å². The Kier molecular flexibility index (Phi) is 3.86. The Morgan fingerprint density at radius 2 is 1.89 bits per heavy atom. The first-order chi connectivity index (χ1) is 8.86. The van der Waals surface area contributed by atoms with E-state index in [2.05, 4.69) is 13.8 Å². The van der Waals surface area contributed by atoms with Crippen LogP contribution in [0.3, 0.4) is 0 Å². The van der Waals surface area contributed by atoms with Crippen LogP contribution in [0.4, 0.5) is 4.39 Å². The van der Waals surface area contributed by atoms with Crippen LogP contribution in [0.5, 0.6) is 5.75 Å². The third kappa shape index (κ3) is 3.08. The first-order valence-electron chi connectivity index (χ1n) is 6.93. The van der Waals surface area contributed by atoms with Crippen LogP contribution in [0, 0.1) is 11.2 Å². The highest BCUT2D eigenvalue weighted by molar-refractivity contribution is 5.38. The van der Waals surface area contributed by atoms with E-state index in [9.17, 15) is 9.50 Å². The van der Waals surface area contributed by atoms with E-state index in [4.69, 9.17) is 4.74 Å². The van der Waals surface area contributed by atoms with Crippen molar-refractivity contribution in [3.63, 3.8) is 0 Å². The fraction of sp³-hybridized carbons (Fsp3) is 0.625. The number of rotatable bonds is 2. The molecule has 1 aromatic rings. The summed E-state index contributed by atoms with van der Waals surface area (Å²) in [5.74, 6) is 0.247. The molecule has 1 fully saturated rings. The lowest BCUT2D eigenvalue weighted by Crippen LogP contribution is -2.26. The van der Waals surface area contributed by atoms with E-state index in [0.29, 0.717) is 24.2 Å². The van der Waals surface area contributed by atoms with Gasteiger partial charge in [0, 0.05) is 5.56 Å². The molecule has 1 aromatic carbocycles. The van der Waals surface area contributed by atoms with Gasteiger partial charge in [-0.3, -0.25) is 0 Å². The van der Waals surface area contributed by atoms with E-state index in [-0.39, 0.29) is 11.2 Å². The second-order valence-corrected chi connectivity index (χ2v) is 6.39. The van der Waals surface area contributed by atoms with Gasteiger partial charge in [-0.05, 0) is 55.7 Å². The third-order valence-corrected chi connectivity index (χ3v) is 4.32. The van der Waals surface area contributed by atoms with Gasteiger partial charge in [0.25, 0.3) is 0 Å². The summed E-state index contributed by atoms with van der Waals surface area (Å²) in [6.07, 6.45) is 4.29. The molecule has 0 spiro atoms. The van der Waals surface area contributed by atoms with Crippen LogP contribution in [0.25, 0.3) is 0 Å². The van der Waals surface area contributed by atoms with Gasteiger partial charge in [0.1, 0.15) is 11.6 Å². The summed E-state index contributed by atoms with van der Waals surface area (Å²) in [5, 5.41) is 10.9. The van der Waals surface area contributed by atoms with Crippen LogP contribution in [-0.4, -0.2) is 12.2 Å². The number of ether oxygens (including phenoxy) is 1. The lowest BCUT2D eigenvalue weighted by molar-refractivity contribution is 0.0155. The first kappa shape index (κ1) is 14.3. The average Bonchev–Trinajstić information content (AvgIpc) is 2.49. The van der Waals surface area contributed by atoms with Gasteiger partial charge in [-0.25, -0.2) is 4.39 Å². The molecule has 1 saturated carbocycles. The molecule has 3 heteroatoms. The summed E-state index contributed by atoms with van der Waals surface area (Å²) in [4.78, 5) is 0. The number of hydrogen-bond donors (Lipinski definition) is 1. The maximum absolute atomic E-state index is 13.5. The highest BCUT2D eigenvalue weighted by atomic mass is 19.1. The highest BCUT2D eigenvalue weighted by Gasteiger charge is 2.37. The van der Waals surface area contributed by atoms with Gasteiger partial charge in [0.05, 0.1) is 12.7 Å². The SMILES string of the molecule is COc1ccc(F)cc1C1(O)CCCC(C)(C)CC1. The Morgan fingerprint density at radius 3 is 2.58 bits per heavy atom. The van der Waals surface area contributed by atoms with Crippen LogP contribution in [0.2, 0.25) is 0 Å². The minimum Gasteiger partial charge on any atom is -0.496 e. The van der Waals surface area contributed by atoms with Gasteiger partial charge >= 0.3 is 0 Å². The second kappa shape index (κ2) is 5.12. The lowest BCUT2D eigenvalue weighted by Gasteiger charge is -2.29. The van der Waals surface area contributed by atoms with Gasteiger partial charge < -0.3 is 9.84 Å². The Labute approximate surface area is 114 Å². The van der Waals surface area contributed by atoms with Crippen molar-refractivity contribution in [2.24, 2.45) is 5.41 Å². The number of aliphatic hydroxyl groups is 1. The zero-order chi connectivity index (χ0) is 14.1. The van der Waals surface area contributed by atoms with E-state index >= 15 is 0 Å². The predicted octanol–water partition coefficient (Wildman–Crippen LogP) is 4.01. The third-order valence-electron chi connectivity index (χ3n) is 4.32. The Morgan fingerprint density at radius 1 is 1.16 bits per heavy atom. The molecular formula is C16H23FO2. The summed E-state index contributed by atoms with van der Waals surface area (Å²) in [7, 11) is 1.56. The summed E-state index contributed by atoms with van der Waals surface area (Å²) in [6.45, 7) is 4.45. The molecule has 1 unspecified atom stereocenters. The molecule has 0 amide bonds. The Balaban J connectivity index is 2.36. The maximum Gasteiger partial charge on any atom is 0.125 e. The molecule has 2 rings (SSSR count). The van der Waals surface area contributed by atoms with Crippen LogP contribution in [0.15, 0.2) is 18.2 Å². The van der Waals surface area contributed by atoms with E-state index < -0.39 is 5.60 Å². The molecule has 1 N–H and O–H groups in total. The van der Waals surface area contributed by atoms with Gasteiger partial charge in [-0.1, -0.05) is 13.8 Å². The molecule has 0 aromatic heterocycles. The van der Waals surface area contributed by atoms with Gasteiger partial charge in [-0.15, -0.1) is 0 Å². The van der Waals surface area contributed by atoms with Crippen LogP contribution >= 0.6 is 0 Å². The normalized spacial score (nSPS) is 26.8. The van der Waals surface area contributed by atoms with Gasteiger partial charge in [0.2, 0.25) is 0 Å². The molecule has 2 nitrogen and oxygen atoms in total. The number of methoxy groups -OCH3 is 1. The van der Waals surface area contributed by atoms with E-state index in [1.807, 2.05) is 0 Å². The Bertz CT molecular complexity index is 456.